The second-order valence-corrected chi connectivity index (χ2v) is 14.7. The topological polar surface area (TPSA) is 211 Å². The van der Waals surface area contributed by atoms with E-state index in [0.29, 0.717) is 55.7 Å². The molecule has 258 valence electrons. The number of anilines is 1. The number of fused-ring (bicyclic) bond motifs is 1. The van der Waals surface area contributed by atoms with Crippen molar-refractivity contribution in [2.24, 2.45) is 5.73 Å². The third kappa shape index (κ3) is 9.71. The number of halogens is 1. The molecule has 2 aliphatic heterocycles. The van der Waals surface area contributed by atoms with Crippen molar-refractivity contribution >= 4 is 60.3 Å². The van der Waals surface area contributed by atoms with Crippen LogP contribution in [0.4, 0.5) is 10.5 Å². The van der Waals surface area contributed by atoms with Gasteiger partial charge in [-0.25, -0.2) is 13.2 Å². The van der Waals surface area contributed by atoms with Gasteiger partial charge in [0.1, 0.15) is 29.0 Å². The lowest BCUT2D eigenvalue weighted by Gasteiger charge is -2.32. The number of rotatable bonds is 9. The van der Waals surface area contributed by atoms with Crippen molar-refractivity contribution in [3.8, 4) is 5.75 Å². The van der Waals surface area contributed by atoms with Gasteiger partial charge in [-0.15, -0.1) is 0 Å². The van der Waals surface area contributed by atoms with E-state index in [-0.39, 0.29) is 59.4 Å². The van der Waals surface area contributed by atoms with Crippen LogP contribution in [-0.2, 0) is 29.6 Å². The highest BCUT2D eigenvalue weighted by Crippen LogP contribution is 2.37. The number of sulfonamides is 1. The standard InChI is InChI=1S/C28H34ClN5O7S.CH4O3S/c1-2-39-28(36)33-10-8-19(9-11-33)31-23-15-18(29)14-22-24(23)32-25(27(30)35)26(22)42(37,38)34-12-13-40-21(16-34)17-41-20-6-4-3-5-7-20;1-5(2,3)4/h3-7,14-15,19,21,31-32H,2,8-13,16-17H2,1H3,(H2,30,35);1H3,(H,2,3,4)/t21-;/m0./s1. The number of ether oxygens (including phenoxy) is 3. The van der Waals surface area contributed by atoms with Crippen LogP contribution < -0.4 is 15.8 Å². The first-order valence-electron chi connectivity index (χ1n) is 14.7. The number of likely N-dealkylation sites (tertiary alicyclic amines) is 1. The Morgan fingerprint density at radius 2 is 1.79 bits per heavy atom. The van der Waals surface area contributed by atoms with E-state index in [1.54, 1.807) is 17.9 Å². The maximum Gasteiger partial charge on any atom is 0.409 e. The van der Waals surface area contributed by atoms with Crippen molar-refractivity contribution in [1.82, 2.24) is 14.2 Å². The molecule has 15 nitrogen and oxygen atoms in total. The molecule has 2 saturated heterocycles. The molecule has 3 heterocycles. The second-order valence-electron chi connectivity index (χ2n) is 10.9. The summed E-state index contributed by atoms with van der Waals surface area (Å²) in [5.41, 5.74) is 6.39. The number of carbonyl (C=O) groups is 2. The van der Waals surface area contributed by atoms with Gasteiger partial charge < -0.3 is 35.1 Å². The Hall–Kier alpha value is -3.61. The van der Waals surface area contributed by atoms with Crippen LogP contribution in [0.1, 0.15) is 30.3 Å². The molecule has 0 unspecified atom stereocenters. The van der Waals surface area contributed by atoms with Crippen LogP contribution in [0.2, 0.25) is 5.02 Å². The zero-order valence-corrected chi connectivity index (χ0v) is 28.2. The lowest BCUT2D eigenvalue weighted by molar-refractivity contribution is -0.0249. The minimum atomic E-state index is -4.20. The maximum absolute atomic E-state index is 14.1. The Morgan fingerprint density at radius 3 is 2.40 bits per heavy atom. The number of aromatic nitrogens is 1. The number of H-pyrrole nitrogens is 1. The van der Waals surface area contributed by atoms with E-state index in [1.165, 1.54) is 10.4 Å². The van der Waals surface area contributed by atoms with Crippen LogP contribution in [0.5, 0.6) is 5.75 Å². The minimum absolute atomic E-state index is 0.0256. The SMILES string of the molecule is CCOC(=O)N1CCC(Nc2cc(Cl)cc3c(S(=O)(=O)N4CCO[C@H](COc5ccccc5)C4)c(C(N)=O)[nH]c23)CC1.CS(=O)(=O)O. The van der Waals surface area contributed by atoms with Crippen molar-refractivity contribution in [3.63, 3.8) is 0 Å². The Morgan fingerprint density at radius 1 is 1.13 bits per heavy atom. The number of hydrogen-bond acceptors (Lipinski definition) is 10. The van der Waals surface area contributed by atoms with Crippen LogP contribution in [0, 0.1) is 0 Å². The van der Waals surface area contributed by atoms with E-state index in [0.717, 1.165) is 0 Å². The number of hydrogen-bond donors (Lipinski definition) is 4. The average Bonchev–Trinajstić information content (AvgIpc) is 3.41. The van der Waals surface area contributed by atoms with Gasteiger partial charge in [-0.3, -0.25) is 9.35 Å². The number of nitrogens with two attached hydrogens (primary N) is 1. The summed E-state index contributed by atoms with van der Waals surface area (Å²) in [5, 5.41) is 3.96. The molecule has 2 amide bonds. The molecular weight excluding hydrogens is 678 g/mol. The first-order valence-corrected chi connectivity index (χ1v) is 18.4. The minimum Gasteiger partial charge on any atom is -0.491 e. The van der Waals surface area contributed by atoms with E-state index in [2.05, 4.69) is 10.3 Å². The summed E-state index contributed by atoms with van der Waals surface area (Å²) in [6, 6.07) is 12.3. The number of carbonyl (C=O) groups excluding carboxylic acids is 2. The monoisotopic (exact) mass is 715 g/mol. The highest BCUT2D eigenvalue weighted by molar-refractivity contribution is 7.89. The fourth-order valence-electron chi connectivity index (χ4n) is 5.28. The van der Waals surface area contributed by atoms with Gasteiger partial charge in [0.05, 0.1) is 30.7 Å². The summed E-state index contributed by atoms with van der Waals surface area (Å²) in [7, 11) is -7.87. The molecular formula is C29H38ClN5O10S2. The van der Waals surface area contributed by atoms with E-state index in [1.807, 2.05) is 30.3 Å². The molecule has 47 heavy (non-hydrogen) atoms. The van der Waals surface area contributed by atoms with E-state index < -0.39 is 32.2 Å². The van der Waals surface area contributed by atoms with Gasteiger partial charge in [0.15, 0.2) is 0 Å². The molecule has 2 aliphatic rings. The first kappa shape index (κ1) is 36.2. The third-order valence-corrected chi connectivity index (χ3v) is 9.50. The molecule has 0 radical (unpaired) electrons. The lowest BCUT2D eigenvalue weighted by atomic mass is 10.0. The fraction of sp³-hybridized carbons (Fsp3) is 0.448. The number of primary amides is 1. The molecule has 5 N–H and O–H groups in total. The molecule has 0 bridgehead atoms. The van der Waals surface area contributed by atoms with Gasteiger partial charge in [0.25, 0.3) is 16.0 Å². The molecule has 0 saturated carbocycles. The predicted molar refractivity (Wildman–Crippen MR) is 175 cm³/mol. The number of para-hydroxylation sites is 1. The summed E-state index contributed by atoms with van der Waals surface area (Å²) < 4.78 is 71.9. The van der Waals surface area contributed by atoms with E-state index in [9.17, 15) is 26.4 Å². The Balaban J connectivity index is 0.000000930. The van der Waals surface area contributed by atoms with Gasteiger partial charge in [-0.2, -0.15) is 12.7 Å². The Kier molecular flexibility index (Phi) is 12.0. The molecule has 0 spiro atoms. The number of amides is 2. The normalized spacial score (nSPS) is 17.9. The van der Waals surface area contributed by atoms with Gasteiger partial charge >= 0.3 is 6.09 Å². The molecule has 1 atom stereocenters. The van der Waals surface area contributed by atoms with Crippen LogP contribution in [0.3, 0.4) is 0 Å². The van der Waals surface area contributed by atoms with Crippen LogP contribution in [-0.4, -0.2) is 112 Å². The van der Waals surface area contributed by atoms with Gasteiger partial charge in [0.2, 0.25) is 10.0 Å². The Labute approximate surface area is 278 Å². The summed E-state index contributed by atoms with van der Waals surface area (Å²) in [4.78, 5) is 29.0. The molecule has 18 heteroatoms. The largest absolute Gasteiger partial charge is 0.491 e. The van der Waals surface area contributed by atoms with E-state index in [4.69, 9.17) is 36.1 Å². The third-order valence-electron chi connectivity index (χ3n) is 7.33. The maximum atomic E-state index is 14.1. The van der Waals surface area contributed by atoms with Crippen molar-refractivity contribution in [1.29, 1.82) is 0 Å². The second kappa shape index (κ2) is 15.5. The van der Waals surface area contributed by atoms with Crippen molar-refractivity contribution in [2.45, 2.75) is 36.8 Å². The molecule has 3 aromatic rings. The summed E-state index contributed by atoms with van der Waals surface area (Å²) in [6.45, 7) is 3.52. The number of benzene rings is 2. The molecule has 1 aromatic heterocycles. The fourth-order valence-corrected chi connectivity index (χ4v) is 7.28. The molecule has 5 rings (SSSR count). The van der Waals surface area contributed by atoms with Gasteiger partial charge in [0, 0.05) is 42.6 Å². The Bertz CT molecular complexity index is 1770. The predicted octanol–water partition coefficient (Wildman–Crippen LogP) is 2.93. The zero-order valence-electron chi connectivity index (χ0n) is 25.8. The van der Waals surface area contributed by atoms with Gasteiger partial charge in [-0.05, 0) is 44.0 Å². The van der Waals surface area contributed by atoms with E-state index >= 15 is 0 Å². The highest BCUT2D eigenvalue weighted by atomic mass is 35.5. The summed E-state index contributed by atoms with van der Waals surface area (Å²) in [6.07, 6.45) is 1.14. The van der Waals surface area contributed by atoms with Crippen LogP contribution in [0.25, 0.3) is 10.9 Å². The smallest absolute Gasteiger partial charge is 0.409 e. The number of nitrogens with zero attached hydrogens (tertiary/aromatic N) is 2. The van der Waals surface area contributed by atoms with Gasteiger partial charge in [-0.1, -0.05) is 29.8 Å². The molecule has 2 fully saturated rings. The van der Waals surface area contributed by atoms with Crippen molar-refractivity contribution in [3.05, 3.63) is 53.2 Å². The van der Waals surface area contributed by atoms with Crippen molar-refractivity contribution < 1.29 is 45.2 Å². The highest BCUT2D eigenvalue weighted by Gasteiger charge is 2.37. The number of morpholine rings is 1. The number of nitrogens with one attached hydrogen (secondary N) is 2. The summed E-state index contributed by atoms with van der Waals surface area (Å²) in [5.74, 6) is -0.262. The zero-order chi connectivity index (χ0) is 34.4. The average molecular weight is 716 g/mol. The quantitative estimate of drug-likeness (QED) is 0.237. The summed E-state index contributed by atoms with van der Waals surface area (Å²) >= 11 is 6.48. The van der Waals surface area contributed by atoms with Crippen LogP contribution >= 0.6 is 11.6 Å². The number of aromatic amines is 1. The molecule has 2 aromatic carbocycles. The number of piperidine rings is 1. The van der Waals surface area contributed by atoms with Crippen molar-refractivity contribution in [2.75, 3.05) is 57.6 Å². The van der Waals surface area contributed by atoms with Crippen LogP contribution in [0.15, 0.2) is 47.4 Å². The first-order chi connectivity index (χ1) is 22.2. The molecule has 0 aliphatic carbocycles. The lowest BCUT2D eigenvalue weighted by Crippen LogP contribution is -2.47.